The fourth-order valence-corrected chi connectivity index (χ4v) is 3.35. The van der Waals surface area contributed by atoms with Gasteiger partial charge in [-0.05, 0) is 48.2 Å². The molecule has 2 aromatic rings. The van der Waals surface area contributed by atoms with Crippen molar-refractivity contribution in [3.05, 3.63) is 70.8 Å². The van der Waals surface area contributed by atoms with Gasteiger partial charge in [-0.25, -0.2) is 8.78 Å². The summed E-state index contributed by atoms with van der Waals surface area (Å²) in [7, 11) is 0. The van der Waals surface area contributed by atoms with E-state index in [9.17, 15) is 8.78 Å². The second-order valence-electron chi connectivity index (χ2n) is 5.55. The maximum absolute atomic E-state index is 13.6. The topological polar surface area (TPSA) is 12.0 Å². The summed E-state index contributed by atoms with van der Waals surface area (Å²) >= 11 is 0. The molecule has 1 aliphatic carbocycles. The molecule has 0 saturated heterocycles. The van der Waals surface area contributed by atoms with E-state index in [1.165, 1.54) is 23.3 Å². The molecule has 21 heavy (non-hydrogen) atoms. The van der Waals surface area contributed by atoms with Crippen LogP contribution in [0.4, 0.5) is 8.78 Å². The molecule has 0 heterocycles. The van der Waals surface area contributed by atoms with Crippen molar-refractivity contribution in [2.45, 2.75) is 31.7 Å². The first kappa shape index (κ1) is 14.2. The summed E-state index contributed by atoms with van der Waals surface area (Å²) in [6, 6.07) is 12.7. The van der Waals surface area contributed by atoms with Crippen molar-refractivity contribution in [3.8, 4) is 0 Å². The van der Waals surface area contributed by atoms with Crippen LogP contribution in [0.5, 0.6) is 0 Å². The Morgan fingerprint density at radius 2 is 1.95 bits per heavy atom. The third-order valence-electron chi connectivity index (χ3n) is 4.31. The summed E-state index contributed by atoms with van der Waals surface area (Å²) in [6.07, 6.45) is 2.09. The Bertz CT molecular complexity index is 639. The standard InChI is InChI=1S/C18H19F2N/c1-2-21-18(13-8-10-16(19)17(20)11-13)15-9-7-12-5-3-4-6-14(12)15/h3-6,8,10-11,15,18,21H,2,7,9H2,1H3. The lowest BCUT2D eigenvalue weighted by molar-refractivity contribution is 0.446. The number of hydrogen-bond donors (Lipinski definition) is 1. The number of nitrogens with one attached hydrogen (secondary N) is 1. The molecule has 110 valence electrons. The largest absolute Gasteiger partial charge is 0.310 e. The minimum absolute atomic E-state index is 0.0220. The van der Waals surface area contributed by atoms with Crippen LogP contribution in [0.15, 0.2) is 42.5 Å². The number of benzene rings is 2. The van der Waals surface area contributed by atoms with Crippen molar-refractivity contribution in [2.24, 2.45) is 0 Å². The fourth-order valence-electron chi connectivity index (χ4n) is 3.35. The van der Waals surface area contributed by atoms with E-state index >= 15 is 0 Å². The van der Waals surface area contributed by atoms with Gasteiger partial charge in [0.05, 0.1) is 0 Å². The molecule has 0 saturated carbocycles. The van der Waals surface area contributed by atoms with Crippen LogP contribution in [0.1, 0.15) is 42.0 Å². The lowest BCUT2D eigenvalue weighted by Crippen LogP contribution is -2.26. The molecule has 2 unspecified atom stereocenters. The molecule has 1 N–H and O–H groups in total. The third kappa shape index (κ3) is 2.70. The van der Waals surface area contributed by atoms with Gasteiger partial charge < -0.3 is 5.32 Å². The normalized spacial score (nSPS) is 18.5. The first-order chi connectivity index (χ1) is 10.2. The van der Waals surface area contributed by atoms with E-state index in [2.05, 4.69) is 23.5 Å². The number of aryl methyl sites for hydroxylation is 1. The molecule has 0 aromatic heterocycles. The number of rotatable bonds is 4. The van der Waals surface area contributed by atoms with Gasteiger partial charge in [0.25, 0.3) is 0 Å². The van der Waals surface area contributed by atoms with Crippen molar-refractivity contribution in [1.82, 2.24) is 5.32 Å². The van der Waals surface area contributed by atoms with E-state index in [1.807, 2.05) is 13.0 Å². The van der Waals surface area contributed by atoms with Crippen molar-refractivity contribution >= 4 is 0 Å². The summed E-state index contributed by atoms with van der Waals surface area (Å²) in [5.41, 5.74) is 3.51. The highest BCUT2D eigenvalue weighted by Crippen LogP contribution is 2.41. The van der Waals surface area contributed by atoms with Gasteiger partial charge in [0.2, 0.25) is 0 Å². The van der Waals surface area contributed by atoms with E-state index in [1.54, 1.807) is 6.07 Å². The Morgan fingerprint density at radius 3 is 2.71 bits per heavy atom. The van der Waals surface area contributed by atoms with Crippen LogP contribution in [0.3, 0.4) is 0 Å². The minimum atomic E-state index is -0.791. The van der Waals surface area contributed by atoms with E-state index in [4.69, 9.17) is 0 Å². The average molecular weight is 287 g/mol. The van der Waals surface area contributed by atoms with Gasteiger partial charge in [-0.15, -0.1) is 0 Å². The van der Waals surface area contributed by atoms with Gasteiger partial charge in [-0.2, -0.15) is 0 Å². The van der Waals surface area contributed by atoms with Crippen molar-refractivity contribution in [3.63, 3.8) is 0 Å². The predicted molar refractivity (Wildman–Crippen MR) is 80.3 cm³/mol. The number of hydrogen-bond acceptors (Lipinski definition) is 1. The Balaban J connectivity index is 1.97. The molecule has 0 spiro atoms. The van der Waals surface area contributed by atoms with Gasteiger partial charge in [-0.1, -0.05) is 37.3 Å². The van der Waals surface area contributed by atoms with Gasteiger partial charge in [0, 0.05) is 12.0 Å². The predicted octanol–water partition coefficient (Wildman–Crippen LogP) is 4.35. The summed E-state index contributed by atoms with van der Waals surface area (Å²) in [5, 5.41) is 3.44. The van der Waals surface area contributed by atoms with Crippen LogP contribution in [0.2, 0.25) is 0 Å². The first-order valence-corrected chi connectivity index (χ1v) is 7.47. The monoisotopic (exact) mass is 287 g/mol. The summed E-state index contributed by atoms with van der Waals surface area (Å²) in [4.78, 5) is 0. The summed E-state index contributed by atoms with van der Waals surface area (Å²) < 4.78 is 26.7. The van der Waals surface area contributed by atoms with Crippen LogP contribution >= 0.6 is 0 Å². The Hall–Kier alpha value is -1.74. The van der Waals surface area contributed by atoms with Crippen molar-refractivity contribution in [1.29, 1.82) is 0 Å². The molecule has 3 rings (SSSR count). The molecular formula is C18H19F2N. The second-order valence-corrected chi connectivity index (χ2v) is 5.55. The van der Waals surface area contributed by atoms with E-state index in [0.29, 0.717) is 5.92 Å². The molecule has 2 atom stereocenters. The van der Waals surface area contributed by atoms with Crippen molar-refractivity contribution in [2.75, 3.05) is 6.54 Å². The number of halogens is 2. The molecule has 0 aliphatic heterocycles. The van der Waals surface area contributed by atoms with Gasteiger partial charge in [0.15, 0.2) is 11.6 Å². The molecule has 2 aromatic carbocycles. The lowest BCUT2D eigenvalue weighted by atomic mass is 9.88. The quantitative estimate of drug-likeness (QED) is 0.881. The molecular weight excluding hydrogens is 268 g/mol. The van der Waals surface area contributed by atoms with E-state index < -0.39 is 11.6 Å². The summed E-state index contributed by atoms with van der Waals surface area (Å²) in [6.45, 7) is 2.83. The second kappa shape index (κ2) is 5.94. The maximum atomic E-state index is 13.6. The average Bonchev–Trinajstić information content (AvgIpc) is 2.92. The molecule has 0 bridgehead atoms. The van der Waals surface area contributed by atoms with E-state index in [0.717, 1.165) is 24.9 Å². The van der Waals surface area contributed by atoms with Gasteiger partial charge in [0.1, 0.15) is 0 Å². The highest BCUT2D eigenvalue weighted by Gasteiger charge is 2.30. The fraction of sp³-hybridized carbons (Fsp3) is 0.333. The van der Waals surface area contributed by atoms with Gasteiger partial charge >= 0.3 is 0 Å². The van der Waals surface area contributed by atoms with E-state index in [-0.39, 0.29) is 6.04 Å². The molecule has 0 radical (unpaired) electrons. The number of fused-ring (bicyclic) bond motifs is 1. The third-order valence-corrected chi connectivity index (χ3v) is 4.31. The Kier molecular flexibility index (Phi) is 4.02. The minimum Gasteiger partial charge on any atom is -0.310 e. The SMILES string of the molecule is CCNC(c1ccc(F)c(F)c1)C1CCc2ccccc21. The Labute approximate surface area is 124 Å². The van der Waals surface area contributed by atoms with Crippen molar-refractivity contribution < 1.29 is 8.78 Å². The number of likely N-dealkylation sites (N-methyl/N-ethyl adjacent to an activating group) is 1. The zero-order valence-electron chi connectivity index (χ0n) is 12.1. The highest BCUT2D eigenvalue weighted by atomic mass is 19.2. The van der Waals surface area contributed by atoms with Crippen LogP contribution in [-0.4, -0.2) is 6.54 Å². The zero-order valence-corrected chi connectivity index (χ0v) is 12.1. The van der Waals surface area contributed by atoms with Crippen LogP contribution < -0.4 is 5.32 Å². The molecule has 1 nitrogen and oxygen atoms in total. The molecule has 0 amide bonds. The van der Waals surface area contributed by atoms with Crippen LogP contribution in [-0.2, 0) is 6.42 Å². The smallest absolute Gasteiger partial charge is 0.159 e. The van der Waals surface area contributed by atoms with Crippen LogP contribution in [0, 0.1) is 11.6 Å². The lowest BCUT2D eigenvalue weighted by Gasteiger charge is -2.26. The molecule has 1 aliphatic rings. The maximum Gasteiger partial charge on any atom is 0.159 e. The van der Waals surface area contributed by atoms with Gasteiger partial charge in [-0.3, -0.25) is 0 Å². The Morgan fingerprint density at radius 1 is 1.14 bits per heavy atom. The summed E-state index contributed by atoms with van der Waals surface area (Å²) in [5.74, 6) is -1.26. The van der Waals surface area contributed by atoms with Crippen LogP contribution in [0.25, 0.3) is 0 Å². The highest BCUT2D eigenvalue weighted by molar-refractivity contribution is 5.38. The zero-order chi connectivity index (χ0) is 14.8. The molecule has 0 fully saturated rings. The first-order valence-electron chi connectivity index (χ1n) is 7.47. The molecule has 3 heteroatoms.